The van der Waals surface area contributed by atoms with Gasteiger partial charge in [-0.2, -0.15) is 4.98 Å². The normalized spacial score (nSPS) is 34.8. The minimum Gasteiger partial charge on any atom is -0.383 e. The quantitative estimate of drug-likeness (QED) is 0.818. The zero-order chi connectivity index (χ0) is 15.9. The number of phosphoric acid groups is 1. The maximum absolute atomic E-state index is 12.3. The van der Waals surface area contributed by atoms with Gasteiger partial charge in [0.25, 0.3) is 0 Å². The number of hydrogen-bond acceptors (Lipinski definition) is 8. The van der Waals surface area contributed by atoms with E-state index in [1.54, 1.807) is 13.8 Å². The first-order valence-corrected chi connectivity index (χ1v) is 8.44. The van der Waals surface area contributed by atoms with Crippen molar-refractivity contribution in [2.24, 2.45) is 0 Å². The van der Waals surface area contributed by atoms with Crippen LogP contribution in [0.25, 0.3) is 0 Å². The Balaban J connectivity index is 1.74. The molecular formula is C12H18N3O6P. The van der Waals surface area contributed by atoms with Gasteiger partial charge in [-0.15, -0.1) is 0 Å². The van der Waals surface area contributed by atoms with Gasteiger partial charge in [-0.05, 0) is 19.9 Å². The molecule has 0 aliphatic carbocycles. The van der Waals surface area contributed by atoms with Gasteiger partial charge in [0, 0.05) is 12.6 Å². The fraction of sp³-hybridized carbons (Fsp3) is 0.667. The van der Waals surface area contributed by atoms with E-state index in [1.807, 2.05) is 0 Å². The molecule has 2 aliphatic rings. The van der Waals surface area contributed by atoms with E-state index in [-0.39, 0.29) is 18.5 Å². The summed E-state index contributed by atoms with van der Waals surface area (Å²) in [7, 11) is -3.58. The SMILES string of the molecule is CC(C)OP1(=O)OC[C@H]2O[C@@H](n3ccc(N)nc3=O)C[C@@H]2O1. The van der Waals surface area contributed by atoms with Crippen molar-refractivity contribution in [3.8, 4) is 0 Å². The highest BCUT2D eigenvalue weighted by Gasteiger charge is 2.48. The lowest BCUT2D eigenvalue weighted by Crippen LogP contribution is -2.33. The lowest BCUT2D eigenvalue weighted by atomic mass is 10.2. The first-order valence-electron chi connectivity index (χ1n) is 6.98. The molecule has 2 fully saturated rings. The second-order valence-electron chi connectivity index (χ2n) is 5.45. The van der Waals surface area contributed by atoms with Crippen LogP contribution in [0.4, 0.5) is 5.82 Å². The molecule has 0 radical (unpaired) electrons. The first-order chi connectivity index (χ1) is 10.4. The predicted molar refractivity (Wildman–Crippen MR) is 76.1 cm³/mol. The third-order valence-electron chi connectivity index (χ3n) is 3.34. The van der Waals surface area contributed by atoms with Gasteiger partial charge in [0.2, 0.25) is 0 Å². The summed E-state index contributed by atoms with van der Waals surface area (Å²) >= 11 is 0. The van der Waals surface area contributed by atoms with Gasteiger partial charge in [-0.25, -0.2) is 9.36 Å². The summed E-state index contributed by atoms with van der Waals surface area (Å²) < 4.78 is 35.2. The van der Waals surface area contributed by atoms with Crippen molar-refractivity contribution in [2.75, 3.05) is 12.3 Å². The summed E-state index contributed by atoms with van der Waals surface area (Å²) in [6.07, 6.45) is 0.136. The molecule has 10 heteroatoms. The van der Waals surface area contributed by atoms with E-state index in [0.717, 1.165) is 0 Å². The fourth-order valence-corrected chi connectivity index (χ4v) is 4.02. The van der Waals surface area contributed by atoms with Gasteiger partial charge in [0.05, 0.1) is 12.7 Å². The lowest BCUT2D eigenvalue weighted by molar-refractivity contribution is -0.0748. The van der Waals surface area contributed by atoms with E-state index in [2.05, 4.69) is 4.98 Å². The summed E-state index contributed by atoms with van der Waals surface area (Å²) in [6.45, 7) is 3.57. The molecule has 122 valence electrons. The Labute approximate surface area is 126 Å². The number of anilines is 1. The predicted octanol–water partition coefficient (Wildman–Crippen LogP) is 1.06. The standard InChI is InChI=1S/C12H18N3O6P/c1-7(2)20-22(17)18-6-9-8(21-22)5-11(19-9)15-4-3-10(13)14-12(15)16/h3-4,7-9,11H,5-6H2,1-2H3,(H2,13,14,16)/t8-,9+,11+,22?/m0/s1. The largest absolute Gasteiger partial charge is 0.475 e. The number of hydrogen-bond donors (Lipinski definition) is 1. The van der Waals surface area contributed by atoms with E-state index in [1.165, 1.54) is 16.8 Å². The number of ether oxygens (including phenoxy) is 1. The molecule has 0 aromatic carbocycles. The van der Waals surface area contributed by atoms with Gasteiger partial charge in [-0.1, -0.05) is 0 Å². The molecule has 1 aromatic heterocycles. The zero-order valence-corrected chi connectivity index (χ0v) is 13.1. The molecule has 1 unspecified atom stereocenters. The number of nitrogens with two attached hydrogens (primary N) is 1. The van der Waals surface area contributed by atoms with Crippen LogP contribution in [0.5, 0.6) is 0 Å². The van der Waals surface area contributed by atoms with Crippen LogP contribution in [0, 0.1) is 0 Å². The summed E-state index contributed by atoms with van der Waals surface area (Å²) in [5.74, 6) is 0.145. The Hall–Kier alpha value is -1.25. The molecule has 3 heterocycles. The van der Waals surface area contributed by atoms with E-state index in [0.29, 0.717) is 6.42 Å². The Bertz CT molecular complexity index is 663. The van der Waals surface area contributed by atoms with Crippen LogP contribution < -0.4 is 11.4 Å². The van der Waals surface area contributed by atoms with Crippen molar-refractivity contribution in [3.05, 3.63) is 22.7 Å². The molecule has 2 aliphatic heterocycles. The van der Waals surface area contributed by atoms with E-state index in [4.69, 9.17) is 24.0 Å². The number of rotatable bonds is 3. The smallest absolute Gasteiger partial charge is 0.383 e. The highest BCUT2D eigenvalue weighted by Crippen LogP contribution is 2.57. The Kier molecular flexibility index (Phi) is 4.09. The van der Waals surface area contributed by atoms with Gasteiger partial charge in [0.1, 0.15) is 24.3 Å². The molecule has 9 nitrogen and oxygen atoms in total. The van der Waals surface area contributed by atoms with E-state index >= 15 is 0 Å². The third-order valence-corrected chi connectivity index (χ3v) is 5.02. The minimum atomic E-state index is -3.58. The van der Waals surface area contributed by atoms with Crippen molar-refractivity contribution in [2.45, 2.75) is 44.8 Å². The number of phosphoric ester groups is 1. The Morgan fingerprint density at radius 1 is 1.50 bits per heavy atom. The summed E-state index contributed by atoms with van der Waals surface area (Å²) in [5, 5.41) is 0. The third kappa shape index (κ3) is 3.09. The summed E-state index contributed by atoms with van der Waals surface area (Å²) in [4.78, 5) is 15.5. The Morgan fingerprint density at radius 2 is 2.27 bits per heavy atom. The van der Waals surface area contributed by atoms with Crippen LogP contribution in [0.15, 0.2) is 17.1 Å². The second kappa shape index (κ2) is 5.75. The average Bonchev–Trinajstić information content (AvgIpc) is 2.79. The lowest BCUT2D eigenvalue weighted by Gasteiger charge is -2.30. The minimum absolute atomic E-state index is 0.0856. The van der Waals surface area contributed by atoms with Crippen molar-refractivity contribution < 1.29 is 22.9 Å². The molecule has 0 saturated carbocycles. The van der Waals surface area contributed by atoms with Crippen LogP contribution in [-0.4, -0.2) is 34.5 Å². The molecule has 0 bridgehead atoms. The molecule has 1 aromatic rings. The maximum atomic E-state index is 12.3. The molecule has 3 rings (SSSR count). The monoisotopic (exact) mass is 331 g/mol. The van der Waals surface area contributed by atoms with Crippen molar-refractivity contribution in [1.82, 2.24) is 9.55 Å². The van der Waals surface area contributed by atoms with Gasteiger partial charge < -0.3 is 10.5 Å². The van der Waals surface area contributed by atoms with Crippen molar-refractivity contribution in [1.29, 1.82) is 0 Å². The Morgan fingerprint density at radius 3 is 2.95 bits per heavy atom. The van der Waals surface area contributed by atoms with Gasteiger partial charge >= 0.3 is 13.5 Å². The van der Waals surface area contributed by atoms with Crippen LogP contribution in [-0.2, 0) is 22.9 Å². The first kappa shape index (κ1) is 15.6. The van der Waals surface area contributed by atoms with Crippen LogP contribution >= 0.6 is 7.82 Å². The summed E-state index contributed by atoms with van der Waals surface area (Å²) in [5.41, 5.74) is 4.95. The number of nitrogen functional groups attached to an aromatic ring is 1. The van der Waals surface area contributed by atoms with Crippen LogP contribution in [0.3, 0.4) is 0 Å². The number of fused-ring (bicyclic) bond motifs is 1. The zero-order valence-electron chi connectivity index (χ0n) is 12.2. The van der Waals surface area contributed by atoms with Crippen molar-refractivity contribution >= 4 is 13.6 Å². The molecule has 0 spiro atoms. The highest BCUT2D eigenvalue weighted by molar-refractivity contribution is 7.48. The van der Waals surface area contributed by atoms with Gasteiger partial charge in [0.15, 0.2) is 0 Å². The van der Waals surface area contributed by atoms with E-state index < -0.39 is 31.9 Å². The molecule has 4 atom stereocenters. The topological polar surface area (TPSA) is 115 Å². The van der Waals surface area contributed by atoms with Crippen LogP contribution in [0.2, 0.25) is 0 Å². The maximum Gasteiger partial charge on any atom is 0.475 e. The molecular weight excluding hydrogens is 313 g/mol. The van der Waals surface area contributed by atoms with Crippen molar-refractivity contribution in [3.63, 3.8) is 0 Å². The number of aromatic nitrogens is 2. The van der Waals surface area contributed by atoms with Crippen LogP contribution in [0.1, 0.15) is 26.5 Å². The van der Waals surface area contributed by atoms with Gasteiger partial charge in [-0.3, -0.25) is 18.1 Å². The van der Waals surface area contributed by atoms with E-state index in [9.17, 15) is 9.36 Å². The fourth-order valence-electron chi connectivity index (χ4n) is 2.45. The number of nitrogens with zero attached hydrogens (tertiary/aromatic N) is 2. The molecule has 22 heavy (non-hydrogen) atoms. The molecule has 0 amide bonds. The highest BCUT2D eigenvalue weighted by atomic mass is 31.2. The second-order valence-corrected chi connectivity index (χ2v) is 7.02. The summed E-state index contributed by atoms with van der Waals surface area (Å²) in [6, 6.07) is 1.51. The molecule has 2 saturated heterocycles. The average molecular weight is 331 g/mol. The molecule has 2 N–H and O–H groups in total.